The lowest BCUT2D eigenvalue weighted by Gasteiger charge is -2.08. The molecule has 2 aromatic carbocycles. The highest BCUT2D eigenvalue weighted by Crippen LogP contribution is 2.36. The van der Waals surface area contributed by atoms with E-state index in [1.807, 2.05) is 18.2 Å². The van der Waals surface area contributed by atoms with Crippen LogP contribution >= 0.6 is 11.6 Å². The number of hydrogen-bond donors (Lipinski definition) is 2. The van der Waals surface area contributed by atoms with Crippen LogP contribution in [0.15, 0.2) is 42.5 Å². The third-order valence-corrected chi connectivity index (χ3v) is 4.61. The number of hydrogen-bond acceptors (Lipinski definition) is 1. The molecule has 0 aliphatic carbocycles. The molecule has 0 saturated carbocycles. The van der Waals surface area contributed by atoms with Crippen molar-refractivity contribution in [2.24, 2.45) is 0 Å². The van der Waals surface area contributed by atoms with E-state index in [1.165, 1.54) is 27.7 Å². The average Bonchev–Trinajstić information content (AvgIpc) is 2.70. The van der Waals surface area contributed by atoms with Gasteiger partial charge >= 0.3 is 0 Å². The second-order valence-corrected chi connectivity index (χ2v) is 5.95. The molecule has 21 heavy (non-hydrogen) atoms. The maximum atomic E-state index is 6.42. The molecule has 0 atom stereocenters. The van der Waals surface area contributed by atoms with Crippen molar-refractivity contribution in [1.29, 1.82) is 0 Å². The summed E-state index contributed by atoms with van der Waals surface area (Å²) < 4.78 is 0. The van der Waals surface area contributed by atoms with Gasteiger partial charge in [0.2, 0.25) is 0 Å². The fourth-order valence-corrected chi connectivity index (χ4v) is 3.55. The van der Waals surface area contributed by atoms with Crippen molar-refractivity contribution in [2.75, 3.05) is 13.1 Å². The first-order chi connectivity index (χ1) is 10.3. The molecule has 2 nitrogen and oxygen atoms in total. The van der Waals surface area contributed by atoms with Gasteiger partial charge in [0.1, 0.15) is 0 Å². The van der Waals surface area contributed by atoms with Crippen LogP contribution < -0.4 is 5.32 Å². The zero-order chi connectivity index (χ0) is 14.2. The minimum Gasteiger partial charge on any atom is -0.358 e. The van der Waals surface area contributed by atoms with Gasteiger partial charge in [-0.05, 0) is 36.2 Å². The van der Waals surface area contributed by atoms with Crippen LogP contribution in [0.2, 0.25) is 5.02 Å². The quantitative estimate of drug-likeness (QED) is 0.693. The van der Waals surface area contributed by atoms with Gasteiger partial charge in [-0.2, -0.15) is 0 Å². The first kappa shape index (κ1) is 12.9. The molecule has 1 aromatic heterocycles. The number of H-pyrrole nitrogens is 1. The lowest BCUT2D eigenvalue weighted by Crippen LogP contribution is -2.16. The molecule has 3 heteroatoms. The molecule has 3 aromatic rings. The van der Waals surface area contributed by atoms with Gasteiger partial charge in [0, 0.05) is 40.1 Å². The van der Waals surface area contributed by atoms with Gasteiger partial charge in [-0.3, -0.25) is 0 Å². The van der Waals surface area contributed by atoms with Crippen LogP contribution in [0.4, 0.5) is 0 Å². The maximum Gasteiger partial charge on any atom is 0.0484 e. The van der Waals surface area contributed by atoms with Crippen molar-refractivity contribution < 1.29 is 0 Å². The molecule has 0 spiro atoms. The summed E-state index contributed by atoms with van der Waals surface area (Å²) in [6.07, 6.45) is 2.13. The van der Waals surface area contributed by atoms with E-state index in [-0.39, 0.29) is 0 Å². The van der Waals surface area contributed by atoms with Crippen LogP contribution in [0.3, 0.4) is 0 Å². The Morgan fingerprint density at radius 2 is 1.67 bits per heavy atom. The van der Waals surface area contributed by atoms with Gasteiger partial charge in [0.05, 0.1) is 0 Å². The number of aromatic nitrogens is 1. The molecular weight excluding hydrogens is 280 g/mol. The second kappa shape index (κ2) is 5.21. The predicted octanol–water partition coefficient (Wildman–Crippen LogP) is 4.18. The minimum atomic E-state index is 0.812. The molecule has 1 aliphatic heterocycles. The van der Waals surface area contributed by atoms with Gasteiger partial charge in [-0.25, -0.2) is 0 Å². The first-order valence-corrected chi connectivity index (χ1v) is 7.80. The van der Waals surface area contributed by atoms with Crippen LogP contribution in [0.1, 0.15) is 11.3 Å². The Bertz CT molecular complexity index is 804. The van der Waals surface area contributed by atoms with Crippen LogP contribution in [0.25, 0.3) is 22.0 Å². The summed E-state index contributed by atoms with van der Waals surface area (Å²) in [6.45, 7) is 2.08. The normalized spacial score (nSPS) is 14.9. The van der Waals surface area contributed by atoms with E-state index >= 15 is 0 Å². The van der Waals surface area contributed by atoms with Crippen molar-refractivity contribution in [3.63, 3.8) is 0 Å². The van der Waals surface area contributed by atoms with Crippen LogP contribution in [-0.2, 0) is 12.8 Å². The number of benzene rings is 2. The highest BCUT2D eigenvalue weighted by Gasteiger charge is 2.17. The first-order valence-electron chi connectivity index (χ1n) is 7.42. The third kappa shape index (κ3) is 2.15. The lowest BCUT2D eigenvalue weighted by atomic mass is 9.97. The number of aromatic amines is 1. The Kier molecular flexibility index (Phi) is 3.21. The predicted molar refractivity (Wildman–Crippen MR) is 89.0 cm³/mol. The highest BCUT2D eigenvalue weighted by atomic mass is 35.5. The van der Waals surface area contributed by atoms with E-state index in [1.54, 1.807) is 0 Å². The topological polar surface area (TPSA) is 27.8 Å². The van der Waals surface area contributed by atoms with E-state index in [0.717, 1.165) is 36.5 Å². The number of fused-ring (bicyclic) bond motifs is 3. The van der Waals surface area contributed by atoms with Crippen LogP contribution in [-0.4, -0.2) is 18.1 Å². The van der Waals surface area contributed by atoms with Crippen molar-refractivity contribution in [3.05, 3.63) is 58.7 Å². The van der Waals surface area contributed by atoms with Crippen LogP contribution in [0.5, 0.6) is 0 Å². The third-order valence-electron chi connectivity index (χ3n) is 4.28. The summed E-state index contributed by atoms with van der Waals surface area (Å²) in [5.41, 5.74) is 6.39. The summed E-state index contributed by atoms with van der Waals surface area (Å²) in [5.74, 6) is 0. The van der Waals surface area contributed by atoms with Crippen molar-refractivity contribution >= 4 is 22.5 Å². The molecule has 1 aliphatic rings. The molecule has 2 heterocycles. The largest absolute Gasteiger partial charge is 0.358 e. The van der Waals surface area contributed by atoms with E-state index in [2.05, 4.69) is 34.6 Å². The SMILES string of the molecule is Clc1ccccc1-c1cccc2[nH]c3c(c12)CCNCC3. The highest BCUT2D eigenvalue weighted by molar-refractivity contribution is 6.33. The molecule has 0 amide bonds. The Balaban J connectivity index is 2.02. The smallest absolute Gasteiger partial charge is 0.0484 e. The van der Waals surface area contributed by atoms with E-state index in [0.29, 0.717) is 0 Å². The van der Waals surface area contributed by atoms with Gasteiger partial charge in [-0.15, -0.1) is 0 Å². The van der Waals surface area contributed by atoms with Gasteiger partial charge < -0.3 is 10.3 Å². The summed E-state index contributed by atoms with van der Waals surface area (Å²) in [6, 6.07) is 14.5. The Labute approximate surface area is 129 Å². The molecule has 106 valence electrons. The summed E-state index contributed by atoms with van der Waals surface area (Å²) >= 11 is 6.42. The molecule has 4 rings (SSSR count). The minimum absolute atomic E-state index is 0.812. The van der Waals surface area contributed by atoms with Crippen LogP contribution in [0, 0.1) is 0 Å². The number of rotatable bonds is 1. The van der Waals surface area contributed by atoms with Crippen molar-refractivity contribution in [3.8, 4) is 11.1 Å². The van der Waals surface area contributed by atoms with Gasteiger partial charge in [0.25, 0.3) is 0 Å². The molecule has 0 radical (unpaired) electrons. The molecule has 2 N–H and O–H groups in total. The monoisotopic (exact) mass is 296 g/mol. The number of nitrogens with one attached hydrogen (secondary N) is 2. The van der Waals surface area contributed by atoms with E-state index in [9.17, 15) is 0 Å². The summed E-state index contributed by atoms with van der Waals surface area (Å²) in [4.78, 5) is 3.60. The van der Waals surface area contributed by atoms with E-state index in [4.69, 9.17) is 11.6 Å². The van der Waals surface area contributed by atoms with Crippen molar-refractivity contribution in [1.82, 2.24) is 10.3 Å². The lowest BCUT2D eigenvalue weighted by molar-refractivity contribution is 0.708. The van der Waals surface area contributed by atoms with Gasteiger partial charge in [-0.1, -0.05) is 41.9 Å². The molecule has 0 unspecified atom stereocenters. The molecule has 0 fully saturated rings. The molecule has 0 saturated heterocycles. The van der Waals surface area contributed by atoms with Crippen molar-refractivity contribution in [2.45, 2.75) is 12.8 Å². The fourth-order valence-electron chi connectivity index (χ4n) is 3.32. The Morgan fingerprint density at radius 1 is 0.857 bits per heavy atom. The summed E-state index contributed by atoms with van der Waals surface area (Å²) in [7, 11) is 0. The fraction of sp³-hybridized carbons (Fsp3) is 0.222. The molecular formula is C18H17ClN2. The Hall–Kier alpha value is -1.77. The number of halogens is 1. The molecule has 0 bridgehead atoms. The standard InChI is InChI=1S/C18H17ClN2/c19-15-6-2-1-4-12(15)13-5-3-7-17-18(13)14-8-10-20-11-9-16(14)21-17/h1-7,20-21H,8-11H2. The Morgan fingerprint density at radius 3 is 2.57 bits per heavy atom. The maximum absolute atomic E-state index is 6.42. The average molecular weight is 297 g/mol. The van der Waals surface area contributed by atoms with E-state index < -0.39 is 0 Å². The van der Waals surface area contributed by atoms with Gasteiger partial charge in [0.15, 0.2) is 0 Å². The zero-order valence-electron chi connectivity index (χ0n) is 11.7. The summed E-state index contributed by atoms with van der Waals surface area (Å²) in [5, 5.41) is 5.62. The second-order valence-electron chi connectivity index (χ2n) is 5.54. The zero-order valence-corrected chi connectivity index (χ0v) is 12.5.